The van der Waals surface area contributed by atoms with E-state index < -0.39 is 5.97 Å². The first-order valence-corrected chi connectivity index (χ1v) is 6.61. The van der Waals surface area contributed by atoms with Gasteiger partial charge in [0.05, 0.1) is 7.11 Å². The summed E-state index contributed by atoms with van der Waals surface area (Å²) in [6.07, 6.45) is 0. The van der Waals surface area contributed by atoms with Crippen molar-refractivity contribution in [1.82, 2.24) is 4.98 Å². The van der Waals surface area contributed by atoms with Gasteiger partial charge in [0, 0.05) is 22.0 Å². The van der Waals surface area contributed by atoms with Crippen LogP contribution in [0.2, 0.25) is 0 Å². The first-order chi connectivity index (χ1) is 10.1. The number of nitrogens with one attached hydrogen (secondary N) is 1. The number of hydrogen-bond acceptors (Lipinski definition) is 2. The Morgan fingerprint density at radius 3 is 2.62 bits per heavy atom. The molecule has 0 aliphatic carbocycles. The molecule has 0 bridgehead atoms. The smallest absolute Gasteiger partial charge is 0.352 e. The number of aromatic carboxylic acids is 1. The molecule has 106 valence electrons. The molecule has 0 fully saturated rings. The quantitative estimate of drug-likeness (QED) is 0.766. The Morgan fingerprint density at radius 1 is 1.14 bits per heavy atom. The molecule has 3 rings (SSSR count). The number of aromatic amines is 1. The Bertz CT molecular complexity index is 833. The minimum atomic E-state index is -0.980. The monoisotopic (exact) mass is 281 g/mol. The molecule has 3 aromatic rings. The first-order valence-electron chi connectivity index (χ1n) is 6.61. The molecular formula is C17H15NO3. The molecule has 0 aliphatic rings. The summed E-state index contributed by atoms with van der Waals surface area (Å²) in [5, 5.41) is 10.4. The van der Waals surface area contributed by atoms with Crippen LogP contribution in [0.4, 0.5) is 0 Å². The summed E-state index contributed by atoms with van der Waals surface area (Å²) in [5.74, 6) is -0.325. The van der Waals surface area contributed by atoms with Crippen LogP contribution in [0.3, 0.4) is 0 Å². The van der Waals surface area contributed by atoms with Crippen LogP contribution in [0.25, 0.3) is 22.0 Å². The summed E-state index contributed by atoms with van der Waals surface area (Å²) < 4.78 is 5.38. The van der Waals surface area contributed by atoms with Gasteiger partial charge in [-0.3, -0.25) is 0 Å². The molecule has 2 N–H and O–H groups in total. The van der Waals surface area contributed by atoms with Gasteiger partial charge in [0.2, 0.25) is 0 Å². The second-order valence-corrected chi connectivity index (χ2v) is 4.88. The van der Waals surface area contributed by atoms with E-state index in [1.54, 1.807) is 7.11 Å². The number of para-hydroxylation sites is 2. The predicted octanol–water partition coefficient (Wildman–Crippen LogP) is 3.85. The minimum Gasteiger partial charge on any atom is -0.496 e. The van der Waals surface area contributed by atoms with Crippen LogP contribution in [-0.4, -0.2) is 23.2 Å². The van der Waals surface area contributed by atoms with Gasteiger partial charge in [-0.1, -0.05) is 36.4 Å². The van der Waals surface area contributed by atoms with E-state index in [2.05, 4.69) is 4.98 Å². The molecule has 21 heavy (non-hydrogen) atoms. The van der Waals surface area contributed by atoms with Gasteiger partial charge < -0.3 is 14.8 Å². The van der Waals surface area contributed by atoms with E-state index in [0.29, 0.717) is 11.3 Å². The van der Waals surface area contributed by atoms with Gasteiger partial charge in [-0.25, -0.2) is 4.79 Å². The largest absolute Gasteiger partial charge is 0.496 e. The van der Waals surface area contributed by atoms with Crippen molar-refractivity contribution in [3.63, 3.8) is 0 Å². The van der Waals surface area contributed by atoms with Gasteiger partial charge in [0.25, 0.3) is 0 Å². The van der Waals surface area contributed by atoms with Gasteiger partial charge in [0.15, 0.2) is 0 Å². The Morgan fingerprint density at radius 2 is 1.90 bits per heavy atom. The summed E-state index contributed by atoms with van der Waals surface area (Å²) in [7, 11) is 1.58. The summed E-state index contributed by atoms with van der Waals surface area (Å²) in [6, 6.07) is 13.2. The third-order valence-electron chi connectivity index (χ3n) is 3.63. The second kappa shape index (κ2) is 4.98. The standard InChI is InChI=1S/C17H15NO3/c1-10-6-5-8-12-14(16(17(19)20)18-15(10)12)11-7-3-4-9-13(11)21-2/h3-9,18H,1-2H3,(H,19,20). The molecule has 0 spiro atoms. The fourth-order valence-corrected chi connectivity index (χ4v) is 2.66. The van der Waals surface area contributed by atoms with E-state index in [4.69, 9.17) is 4.74 Å². The maximum Gasteiger partial charge on any atom is 0.352 e. The van der Waals surface area contributed by atoms with E-state index in [-0.39, 0.29) is 5.69 Å². The number of hydrogen-bond donors (Lipinski definition) is 2. The van der Waals surface area contributed by atoms with Crippen molar-refractivity contribution < 1.29 is 14.6 Å². The van der Waals surface area contributed by atoms with E-state index in [1.807, 2.05) is 49.4 Å². The average molecular weight is 281 g/mol. The lowest BCUT2D eigenvalue weighted by atomic mass is 10.00. The molecule has 0 atom stereocenters. The maximum atomic E-state index is 11.6. The van der Waals surface area contributed by atoms with Crippen LogP contribution in [-0.2, 0) is 0 Å². The minimum absolute atomic E-state index is 0.184. The molecule has 0 radical (unpaired) electrons. The molecule has 0 unspecified atom stereocenters. The van der Waals surface area contributed by atoms with Crippen molar-refractivity contribution in [3.8, 4) is 16.9 Å². The number of carbonyl (C=O) groups is 1. The third kappa shape index (κ3) is 2.05. The van der Waals surface area contributed by atoms with Crippen LogP contribution < -0.4 is 4.74 Å². The number of aryl methyl sites for hydroxylation is 1. The molecule has 0 aliphatic heterocycles. The van der Waals surface area contributed by atoms with E-state index in [0.717, 1.165) is 22.0 Å². The van der Waals surface area contributed by atoms with E-state index >= 15 is 0 Å². The Kier molecular flexibility index (Phi) is 3.14. The number of carboxylic acids is 1. The normalized spacial score (nSPS) is 10.8. The van der Waals surface area contributed by atoms with Gasteiger partial charge in [-0.15, -0.1) is 0 Å². The zero-order chi connectivity index (χ0) is 15.0. The molecule has 4 heteroatoms. The summed E-state index contributed by atoms with van der Waals surface area (Å²) in [6.45, 7) is 1.95. The highest BCUT2D eigenvalue weighted by Crippen LogP contribution is 2.38. The van der Waals surface area contributed by atoms with Crippen LogP contribution in [0.5, 0.6) is 5.75 Å². The number of methoxy groups -OCH3 is 1. The number of carboxylic acid groups (broad SMARTS) is 1. The van der Waals surface area contributed by atoms with Gasteiger partial charge in [-0.2, -0.15) is 0 Å². The van der Waals surface area contributed by atoms with E-state index in [9.17, 15) is 9.90 Å². The molecule has 0 amide bonds. The third-order valence-corrected chi connectivity index (χ3v) is 3.63. The lowest BCUT2D eigenvalue weighted by Crippen LogP contribution is -1.99. The fraction of sp³-hybridized carbons (Fsp3) is 0.118. The predicted molar refractivity (Wildman–Crippen MR) is 82.0 cm³/mol. The number of benzene rings is 2. The molecule has 1 heterocycles. The van der Waals surface area contributed by atoms with Gasteiger partial charge in [-0.05, 0) is 18.6 Å². The highest BCUT2D eigenvalue weighted by molar-refractivity contribution is 6.09. The zero-order valence-corrected chi connectivity index (χ0v) is 11.8. The molecule has 4 nitrogen and oxygen atoms in total. The van der Waals surface area contributed by atoms with Crippen molar-refractivity contribution in [1.29, 1.82) is 0 Å². The summed E-state index contributed by atoms with van der Waals surface area (Å²) in [4.78, 5) is 14.6. The van der Waals surface area contributed by atoms with Crippen molar-refractivity contribution in [2.45, 2.75) is 6.92 Å². The van der Waals surface area contributed by atoms with Crippen molar-refractivity contribution in [3.05, 3.63) is 53.7 Å². The highest BCUT2D eigenvalue weighted by atomic mass is 16.5. The Balaban J connectivity index is 2.43. The number of H-pyrrole nitrogens is 1. The summed E-state index contributed by atoms with van der Waals surface area (Å²) in [5.41, 5.74) is 3.48. The molecular weight excluding hydrogens is 266 g/mol. The number of rotatable bonds is 3. The van der Waals surface area contributed by atoms with E-state index in [1.165, 1.54) is 0 Å². The van der Waals surface area contributed by atoms with Crippen molar-refractivity contribution in [2.75, 3.05) is 7.11 Å². The SMILES string of the molecule is COc1ccccc1-c1c(C(=O)O)[nH]c2c(C)cccc12. The number of aromatic nitrogens is 1. The van der Waals surface area contributed by atoms with Crippen molar-refractivity contribution >= 4 is 16.9 Å². The maximum absolute atomic E-state index is 11.6. The lowest BCUT2D eigenvalue weighted by molar-refractivity contribution is 0.0692. The van der Waals surface area contributed by atoms with Crippen LogP contribution >= 0.6 is 0 Å². The van der Waals surface area contributed by atoms with Crippen LogP contribution in [0, 0.1) is 6.92 Å². The van der Waals surface area contributed by atoms with Gasteiger partial charge >= 0.3 is 5.97 Å². The average Bonchev–Trinajstić information content (AvgIpc) is 2.88. The van der Waals surface area contributed by atoms with Crippen molar-refractivity contribution in [2.24, 2.45) is 0 Å². The summed E-state index contributed by atoms with van der Waals surface area (Å²) >= 11 is 0. The zero-order valence-electron chi connectivity index (χ0n) is 11.8. The molecule has 0 saturated carbocycles. The number of fused-ring (bicyclic) bond motifs is 1. The van der Waals surface area contributed by atoms with Crippen LogP contribution in [0.15, 0.2) is 42.5 Å². The Hall–Kier alpha value is -2.75. The van der Waals surface area contributed by atoms with Gasteiger partial charge in [0.1, 0.15) is 11.4 Å². The molecule has 0 saturated heterocycles. The Labute approximate surface area is 122 Å². The lowest BCUT2D eigenvalue weighted by Gasteiger charge is -2.08. The highest BCUT2D eigenvalue weighted by Gasteiger charge is 2.21. The molecule has 2 aromatic carbocycles. The first kappa shape index (κ1) is 13.2. The topological polar surface area (TPSA) is 62.3 Å². The molecule has 1 aromatic heterocycles. The number of ether oxygens (including phenoxy) is 1. The van der Waals surface area contributed by atoms with Crippen LogP contribution in [0.1, 0.15) is 16.1 Å². The second-order valence-electron chi connectivity index (χ2n) is 4.88. The fourth-order valence-electron chi connectivity index (χ4n) is 2.66.